The first-order valence-electron chi connectivity index (χ1n) is 9.13. The molecule has 1 amide bonds. The highest BCUT2D eigenvalue weighted by Crippen LogP contribution is 2.30. The third kappa shape index (κ3) is 4.79. The second kappa shape index (κ2) is 7.88. The summed E-state index contributed by atoms with van der Waals surface area (Å²) < 4.78 is 14.9. The van der Waals surface area contributed by atoms with Gasteiger partial charge in [-0.15, -0.1) is 5.10 Å². The minimum Gasteiger partial charge on any atom is -0.345 e. The lowest BCUT2D eigenvalue weighted by molar-refractivity contribution is 0.0926. The highest BCUT2D eigenvalue weighted by molar-refractivity contribution is 5.95. The van der Waals surface area contributed by atoms with Gasteiger partial charge in [0, 0.05) is 5.56 Å². The van der Waals surface area contributed by atoms with Gasteiger partial charge in [-0.25, -0.2) is 9.07 Å². The average Bonchev–Trinajstić information content (AvgIpc) is 3.15. The number of aryl methyl sites for hydroxylation is 1. The number of benzene rings is 2. The van der Waals surface area contributed by atoms with Crippen molar-refractivity contribution in [1.82, 2.24) is 25.5 Å². The minimum atomic E-state index is -0.293. The van der Waals surface area contributed by atoms with Gasteiger partial charge in [0.25, 0.3) is 5.91 Å². The van der Waals surface area contributed by atoms with Gasteiger partial charge in [-0.2, -0.15) is 0 Å². The fourth-order valence-electron chi connectivity index (χ4n) is 3.13. The van der Waals surface area contributed by atoms with Crippen molar-refractivity contribution in [2.24, 2.45) is 5.41 Å². The summed E-state index contributed by atoms with van der Waals surface area (Å²) in [5.74, 6) is -0.469. The Kier molecular flexibility index (Phi) is 5.53. The Morgan fingerprint density at radius 1 is 1.18 bits per heavy atom. The normalized spacial score (nSPS) is 12.6. The number of hydrogen-bond donors (Lipinski definition) is 1. The molecule has 0 radical (unpaired) electrons. The number of rotatable bonds is 5. The second-order valence-corrected chi connectivity index (χ2v) is 8.10. The van der Waals surface area contributed by atoms with Gasteiger partial charge in [-0.3, -0.25) is 4.79 Å². The molecule has 28 heavy (non-hydrogen) atoms. The van der Waals surface area contributed by atoms with E-state index in [-0.39, 0.29) is 23.2 Å². The van der Waals surface area contributed by atoms with Gasteiger partial charge in [0.05, 0.1) is 11.7 Å². The van der Waals surface area contributed by atoms with Crippen molar-refractivity contribution in [2.75, 3.05) is 0 Å². The van der Waals surface area contributed by atoms with Crippen molar-refractivity contribution in [3.05, 3.63) is 71.3 Å². The molecular weight excluding hydrogens is 357 g/mol. The predicted molar refractivity (Wildman–Crippen MR) is 105 cm³/mol. The molecule has 1 unspecified atom stereocenters. The van der Waals surface area contributed by atoms with Crippen molar-refractivity contribution >= 4 is 5.91 Å². The Balaban J connectivity index is 1.83. The first-order valence-corrected chi connectivity index (χ1v) is 9.13. The average molecular weight is 381 g/mol. The van der Waals surface area contributed by atoms with E-state index in [2.05, 4.69) is 41.6 Å². The van der Waals surface area contributed by atoms with Crippen molar-refractivity contribution in [3.8, 4) is 5.69 Å². The summed E-state index contributed by atoms with van der Waals surface area (Å²) in [5, 5.41) is 14.3. The van der Waals surface area contributed by atoms with E-state index in [0.29, 0.717) is 5.56 Å². The SMILES string of the molecule is Cc1cc(C(=O)NC(CC(C)(C)C)c2ccc(F)cc2)ccc1-n1cnnn1. The van der Waals surface area contributed by atoms with Crippen LogP contribution in [0.4, 0.5) is 4.39 Å². The molecule has 6 nitrogen and oxygen atoms in total. The number of amides is 1. The largest absolute Gasteiger partial charge is 0.345 e. The van der Waals surface area contributed by atoms with Crippen LogP contribution in [0.1, 0.15) is 54.7 Å². The Hall–Kier alpha value is -3.09. The molecule has 0 fully saturated rings. The molecule has 146 valence electrons. The van der Waals surface area contributed by atoms with Gasteiger partial charge < -0.3 is 5.32 Å². The number of hydrogen-bond acceptors (Lipinski definition) is 4. The number of carbonyl (C=O) groups is 1. The molecule has 0 saturated carbocycles. The third-order valence-electron chi connectivity index (χ3n) is 4.45. The number of aromatic nitrogens is 4. The van der Waals surface area contributed by atoms with Crippen LogP contribution >= 0.6 is 0 Å². The van der Waals surface area contributed by atoms with Gasteiger partial charge in [0.15, 0.2) is 0 Å². The first kappa shape index (κ1) is 19.7. The van der Waals surface area contributed by atoms with Crippen LogP contribution < -0.4 is 5.32 Å². The zero-order valence-corrected chi connectivity index (χ0v) is 16.5. The van der Waals surface area contributed by atoms with E-state index in [1.807, 2.05) is 19.1 Å². The lowest BCUT2D eigenvalue weighted by Crippen LogP contribution is -2.31. The van der Waals surface area contributed by atoms with Gasteiger partial charge >= 0.3 is 0 Å². The molecule has 3 rings (SSSR count). The molecule has 7 heteroatoms. The van der Waals surface area contributed by atoms with Gasteiger partial charge in [0.2, 0.25) is 0 Å². The predicted octanol–water partition coefficient (Wildman–Crippen LogP) is 4.02. The van der Waals surface area contributed by atoms with E-state index in [1.54, 1.807) is 22.9 Å². The zero-order chi connectivity index (χ0) is 20.3. The molecule has 0 aliphatic heterocycles. The van der Waals surface area contributed by atoms with Crippen molar-refractivity contribution in [3.63, 3.8) is 0 Å². The zero-order valence-electron chi connectivity index (χ0n) is 16.5. The smallest absolute Gasteiger partial charge is 0.251 e. The number of nitrogens with one attached hydrogen (secondary N) is 1. The summed E-state index contributed by atoms with van der Waals surface area (Å²) in [6.07, 6.45) is 2.24. The van der Waals surface area contributed by atoms with Crippen molar-refractivity contribution in [2.45, 2.75) is 40.2 Å². The summed E-state index contributed by atoms with van der Waals surface area (Å²) in [4.78, 5) is 12.9. The summed E-state index contributed by atoms with van der Waals surface area (Å²) in [5.41, 5.74) is 3.12. The van der Waals surface area contributed by atoms with Crippen LogP contribution in [0.5, 0.6) is 0 Å². The van der Waals surface area contributed by atoms with Crippen LogP contribution in [-0.2, 0) is 0 Å². The van der Waals surface area contributed by atoms with Crippen LogP contribution in [0.3, 0.4) is 0 Å². The fourth-order valence-corrected chi connectivity index (χ4v) is 3.13. The Labute approximate surface area is 163 Å². The number of halogens is 1. The van der Waals surface area contributed by atoms with Gasteiger partial charge in [-0.1, -0.05) is 32.9 Å². The highest BCUT2D eigenvalue weighted by atomic mass is 19.1. The van der Waals surface area contributed by atoms with Gasteiger partial charge in [0.1, 0.15) is 12.1 Å². The molecule has 1 N–H and O–H groups in total. The van der Waals surface area contributed by atoms with E-state index in [9.17, 15) is 9.18 Å². The van der Waals surface area contributed by atoms with E-state index in [0.717, 1.165) is 23.2 Å². The van der Waals surface area contributed by atoms with E-state index < -0.39 is 0 Å². The molecule has 1 aromatic heterocycles. The molecule has 3 aromatic rings. The molecule has 0 spiro atoms. The molecule has 0 saturated heterocycles. The maximum atomic E-state index is 13.3. The Morgan fingerprint density at radius 3 is 2.46 bits per heavy atom. The molecule has 1 heterocycles. The van der Waals surface area contributed by atoms with E-state index in [1.165, 1.54) is 18.5 Å². The molecule has 2 aromatic carbocycles. The quantitative estimate of drug-likeness (QED) is 0.725. The molecule has 1 atom stereocenters. The van der Waals surface area contributed by atoms with Crippen molar-refractivity contribution in [1.29, 1.82) is 0 Å². The minimum absolute atomic E-state index is 0.00774. The summed E-state index contributed by atoms with van der Waals surface area (Å²) in [7, 11) is 0. The lowest BCUT2D eigenvalue weighted by atomic mass is 9.85. The highest BCUT2D eigenvalue weighted by Gasteiger charge is 2.23. The Bertz CT molecular complexity index is 946. The lowest BCUT2D eigenvalue weighted by Gasteiger charge is -2.27. The topological polar surface area (TPSA) is 72.7 Å². The monoisotopic (exact) mass is 381 g/mol. The van der Waals surface area contributed by atoms with Crippen LogP contribution in [0.25, 0.3) is 5.69 Å². The second-order valence-electron chi connectivity index (χ2n) is 8.10. The summed E-state index contributed by atoms with van der Waals surface area (Å²) in [6, 6.07) is 11.4. The fraction of sp³-hybridized carbons (Fsp3) is 0.333. The third-order valence-corrected chi connectivity index (χ3v) is 4.45. The van der Waals surface area contributed by atoms with Gasteiger partial charge in [-0.05, 0) is 70.6 Å². The van der Waals surface area contributed by atoms with E-state index in [4.69, 9.17) is 0 Å². The molecule has 0 aliphatic rings. The van der Waals surface area contributed by atoms with Crippen LogP contribution in [0.2, 0.25) is 0 Å². The maximum Gasteiger partial charge on any atom is 0.251 e. The summed E-state index contributed by atoms with van der Waals surface area (Å²) in [6.45, 7) is 8.24. The maximum absolute atomic E-state index is 13.3. The van der Waals surface area contributed by atoms with Crippen LogP contribution in [0.15, 0.2) is 48.8 Å². The molecule has 0 aliphatic carbocycles. The van der Waals surface area contributed by atoms with E-state index >= 15 is 0 Å². The first-order chi connectivity index (χ1) is 13.2. The number of tetrazole rings is 1. The molecular formula is C21H24FN5O. The Morgan fingerprint density at radius 2 is 1.89 bits per heavy atom. The molecule has 0 bridgehead atoms. The van der Waals surface area contributed by atoms with Crippen LogP contribution in [-0.4, -0.2) is 26.1 Å². The summed E-state index contributed by atoms with van der Waals surface area (Å²) >= 11 is 0. The van der Waals surface area contributed by atoms with Crippen LogP contribution in [0, 0.1) is 18.2 Å². The standard InChI is InChI=1S/C21H24FN5O/c1-14-11-16(7-10-19(14)27-13-23-25-26-27)20(28)24-18(12-21(2,3)4)15-5-8-17(22)9-6-15/h5-11,13,18H,12H2,1-4H3,(H,24,28). The van der Waals surface area contributed by atoms with Crippen molar-refractivity contribution < 1.29 is 9.18 Å². The number of carbonyl (C=O) groups excluding carboxylic acids is 1. The number of nitrogens with zero attached hydrogens (tertiary/aromatic N) is 4.